The van der Waals surface area contributed by atoms with Gasteiger partial charge in [0, 0.05) is 11.1 Å². The van der Waals surface area contributed by atoms with Gasteiger partial charge in [-0.25, -0.2) is 8.78 Å². The maximum Gasteiger partial charge on any atom is 0.266 e. The van der Waals surface area contributed by atoms with Crippen LogP contribution in [0.4, 0.5) is 14.5 Å². The summed E-state index contributed by atoms with van der Waals surface area (Å²) in [5.74, 6) is -0.132. The number of aliphatic hydroxyl groups excluding tert-OH is 1. The van der Waals surface area contributed by atoms with E-state index in [0.29, 0.717) is 0 Å². The lowest BCUT2D eigenvalue weighted by atomic mass is 10.1. The number of nitrogen functional groups attached to an aromatic ring is 1. The molecule has 1 heterocycles. The van der Waals surface area contributed by atoms with E-state index in [0.717, 1.165) is 0 Å². The third-order valence-electron chi connectivity index (χ3n) is 1.85. The van der Waals surface area contributed by atoms with Crippen LogP contribution in [0.1, 0.15) is 23.2 Å². The molecule has 0 spiro atoms. The quantitative estimate of drug-likeness (QED) is 0.768. The van der Waals surface area contributed by atoms with Gasteiger partial charge >= 0.3 is 0 Å². The highest BCUT2D eigenvalue weighted by molar-refractivity contribution is 6.17. The van der Waals surface area contributed by atoms with Gasteiger partial charge in [-0.3, -0.25) is 4.98 Å². The van der Waals surface area contributed by atoms with Gasteiger partial charge in [-0.05, 0) is 0 Å². The monoisotopic (exact) mass is 222 g/mol. The van der Waals surface area contributed by atoms with E-state index in [-0.39, 0.29) is 28.4 Å². The van der Waals surface area contributed by atoms with Crippen LogP contribution in [0.3, 0.4) is 0 Å². The standard InChI is InChI=1S/C8H9ClF2N2O/c9-1-6-7(8(10)11)4(3-14)5(12)2-13-6/h2,8,14H,1,3,12H2. The molecule has 0 saturated heterocycles. The van der Waals surface area contributed by atoms with Crippen molar-refractivity contribution >= 4 is 17.3 Å². The predicted octanol–water partition coefficient (Wildman–Crippen LogP) is 1.83. The summed E-state index contributed by atoms with van der Waals surface area (Å²) in [6.07, 6.45) is -1.52. The van der Waals surface area contributed by atoms with Gasteiger partial charge in [-0.2, -0.15) is 0 Å². The third-order valence-corrected chi connectivity index (χ3v) is 2.10. The Morgan fingerprint density at radius 2 is 2.21 bits per heavy atom. The summed E-state index contributed by atoms with van der Waals surface area (Å²) >= 11 is 5.44. The minimum Gasteiger partial charge on any atom is -0.397 e. The Morgan fingerprint density at radius 1 is 1.57 bits per heavy atom. The zero-order valence-electron chi connectivity index (χ0n) is 7.17. The molecule has 0 saturated carbocycles. The van der Waals surface area contributed by atoms with Crippen molar-refractivity contribution < 1.29 is 13.9 Å². The highest BCUT2D eigenvalue weighted by Gasteiger charge is 2.20. The van der Waals surface area contributed by atoms with Crippen LogP contribution in [-0.4, -0.2) is 10.1 Å². The highest BCUT2D eigenvalue weighted by atomic mass is 35.5. The molecule has 0 radical (unpaired) electrons. The topological polar surface area (TPSA) is 59.1 Å². The number of pyridine rings is 1. The molecule has 0 aliphatic carbocycles. The fraction of sp³-hybridized carbons (Fsp3) is 0.375. The van der Waals surface area contributed by atoms with E-state index in [1.165, 1.54) is 6.20 Å². The van der Waals surface area contributed by atoms with Crippen molar-refractivity contribution in [3.8, 4) is 0 Å². The fourth-order valence-corrected chi connectivity index (χ4v) is 1.38. The van der Waals surface area contributed by atoms with Gasteiger partial charge in [0.25, 0.3) is 6.43 Å². The molecule has 0 unspecified atom stereocenters. The van der Waals surface area contributed by atoms with E-state index in [2.05, 4.69) is 4.98 Å². The van der Waals surface area contributed by atoms with Crippen molar-refractivity contribution in [2.24, 2.45) is 0 Å². The van der Waals surface area contributed by atoms with Crippen LogP contribution in [0.15, 0.2) is 6.20 Å². The molecule has 3 N–H and O–H groups in total. The Labute approximate surface area is 84.5 Å². The average Bonchev–Trinajstić information content (AvgIpc) is 2.17. The zero-order chi connectivity index (χ0) is 10.7. The van der Waals surface area contributed by atoms with E-state index in [1.807, 2.05) is 0 Å². The number of nitrogens with two attached hydrogens (primary N) is 1. The second-order valence-corrected chi connectivity index (χ2v) is 2.91. The van der Waals surface area contributed by atoms with Crippen molar-refractivity contribution in [2.45, 2.75) is 18.9 Å². The summed E-state index contributed by atoms with van der Waals surface area (Å²) in [6, 6.07) is 0. The summed E-state index contributed by atoms with van der Waals surface area (Å²) in [6.45, 7) is -0.544. The van der Waals surface area contributed by atoms with Crippen LogP contribution in [0.5, 0.6) is 0 Å². The van der Waals surface area contributed by atoms with Crippen LogP contribution >= 0.6 is 11.6 Å². The smallest absolute Gasteiger partial charge is 0.266 e. The molecule has 78 valence electrons. The molecule has 0 aliphatic rings. The molecule has 0 aliphatic heterocycles. The summed E-state index contributed by atoms with van der Waals surface area (Å²) in [5, 5.41) is 8.88. The molecule has 0 atom stereocenters. The molecule has 0 fully saturated rings. The Hall–Kier alpha value is -0.940. The molecule has 1 rings (SSSR count). The number of halogens is 3. The third kappa shape index (κ3) is 1.93. The summed E-state index contributed by atoms with van der Waals surface area (Å²) in [4.78, 5) is 3.68. The Morgan fingerprint density at radius 3 is 2.64 bits per heavy atom. The van der Waals surface area contributed by atoms with E-state index in [1.54, 1.807) is 0 Å². The Balaban J connectivity index is 3.36. The van der Waals surface area contributed by atoms with Crippen LogP contribution in [0, 0.1) is 0 Å². The van der Waals surface area contributed by atoms with E-state index < -0.39 is 13.0 Å². The molecule has 3 nitrogen and oxygen atoms in total. The van der Waals surface area contributed by atoms with Crippen molar-refractivity contribution in [1.82, 2.24) is 4.98 Å². The first-order chi connectivity index (χ1) is 6.61. The lowest BCUT2D eigenvalue weighted by molar-refractivity contribution is 0.145. The first kappa shape index (κ1) is 11.1. The summed E-state index contributed by atoms with van der Waals surface area (Å²) in [7, 11) is 0. The average molecular weight is 223 g/mol. The van der Waals surface area contributed by atoms with E-state index >= 15 is 0 Å². The van der Waals surface area contributed by atoms with E-state index in [4.69, 9.17) is 22.4 Å². The van der Waals surface area contributed by atoms with Gasteiger partial charge < -0.3 is 10.8 Å². The van der Waals surface area contributed by atoms with Crippen molar-refractivity contribution in [3.63, 3.8) is 0 Å². The Bertz CT molecular complexity index is 333. The van der Waals surface area contributed by atoms with E-state index in [9.17, 15) is 8.78 Å². The lowest BCUT2D eigenvalue weighted by Crippen LogP contribution is -2.06. The minimum atomic E-state index is -2.73. The van der Waals surface area contributed by atoms with Crippen LogP contribution < -0.4 is 5.73 Å². The molecule has 0 bridgehead atoms. The van der Waals surface area contributed by atoms with Gasteiger partial charge in [0.05, 0.1) is 30.1 Å². The van der Waals surface area contributed by atoms with Crippen molar-refractivity contribution in [2.75, 3.05) is 5.73 Å². The molecular weight excluding hydrogens is 214 g/mol. The second-order valence-electron chi connectivity index (χ2n) is 2.64. The van der Waals surface area contributed by atoms with Crippen LogP contribution in [0.2, 0.25) is 0 Å². The van der Waals surface area contributed by atoms with Gasteiger partial charge in [-0.15, -0.1) is 11.6 Å². The molecule has 1 aromatic heterocycles. The predicted molar refractivity (Wildman–Crippen MR) is 49.1 cm³/mol. The molecule has 0 amide bonds. The van der Waals surface area contributed by atoms with Gasteiger partial charge in [0.2, 0.25) is 0 Å². The summed E-state index contributed by atoms with van der Waals surface area (Å²) in [5.41, 5.74) is 5.15. The normalized spacial score (nSPS) is 10.9. The number of nitrogens with zero attached hydrogens (tertiary/aromatic N) is 1. The zero-order valence-corrected chi connectivity index (χ0v) is 7.93. The molecule has 0 aromatic carbocycles. The number of anilines is 1. The number of alkyl halides is 3. The number of aliphatic hydroxyl groups is 1. The Kier molecular flexibility index (Phi) is 3.60. The molecule has 6 heteroatoms. The molecule has 1 aromatic rings. The van der Waals surface area contributed by atoms with Crippen molar-refractivity contribution in [3.05, 3.63) is 23.0 Å². The maximum atomic E-state index is 12.6. The van der Waals surface area contributed by atoms with Gasteiger partial charge in [0.1, 0.15) is 0 Å². The van der Waals surface area contributed by atoms with Gasteiger partial charge in [0.15, 0.2) is 0 Å². The van der Waals surface area contributed by atoms with Gasteiger partial charge in [-0.1, -0.05) is 0 Å². The number of hydrogen-bond acceptors (Lipinski definition) is 3. The first-order valence-electron chi connectivity index (χ1n) is 3.82. The number of rotatable bonds is 3. The highest BCUT2D eigenvalue weighted by Crippen LogP contribution is 2.29. The van der Waals surface area contributed by atoms with Crippen LogP contribution in [-0.2, 0) is 12.5 Å². The van der Waals surface area contributed by atoms with Crippen molar-refractivity contribution in [1.29, 1.82) is 0 Å². The van der Waals surface area contributed by atoms with Crippen LogP contribution in [0.25, 0.3) is 0 Å². The second kappa shape index (κ2) is 4.52. The number of aromatic nitrogens is 1. The SMILES string of the molecule is Nc1cnc(CCl)c(C(F)F)c1CO. The number of hydrogen-bond donors (Lipinski definition) is 2. The summed E-state index contributed by atoms with van der Waals surface area (Å²) < 4.78 is 25.2. The largest absolute Gasteiger partial charge is 0.397 e. The fourth-order valence-electron chi connectivity index (χ4n) is 1.17. The minimum absolute atomic E-state index is 0.00523. The maximum absolute atomic E-state index is 12.6. The molecular formula is C8H9ClF2N2O. The first-order valence-corrected chi connectivity index (χ1v) is 4.36. The lowest BCUT2D eigenvalue weighted by Gasteiger charge is -2.12. The molecule has 14 heavy (non-hydrogen) atoms.